The van der Waals surface area contributed by atoms with E-state index in [1.807, 2.05) is 30.3 Å². The molecule has 4 rings (SSSR count). The molecule has 2 heterocycles. The van der Waals surface area contributed by atoms with Crippen molar-refractivity contribution in [2.75, 3.05) is 18.4 Å². The molecule has 2 aromatic carbocycles. The van der Waals surface area contributed by atoms with Gasteiger partial charge in [-0.2, -0.15) is 0 Å². The Morgan fingerprint density at radius 3 is 2.41 bits per heavy atom. The first kappa shape index (κ1) is 18.7. The van der Waals surface area contributed by atoms with E-state index < -0.39 is 0 Å². The number of para-hydroxylation sites is 2. The Kier molecular flexibility index (Phi) is 5.29. The largest absolute Gasteiger partial charge is 0.451 e. The first-order valence-electron chi connectivity index (χ1n) is 9.55. The van der Waals surface area contributed by atoms with Crippen molar-refractivity contribution in [1.29, 1.82) is 0 Å². The SMILES string of the molecule is O=C(Nc1ccccc1)NC1CCN(C(=O)c2cc(=O)c3ccccc3o2)CC1. The molecule has 148 valence electrons. The number of benzene rings is 2. The minimum atomic E-state index is -0.306. The maximum atomic E-state index is 12.8. The quantitative estimate of drug-likeness (QED) is 0.717. The third-order valence-corrected chi connectivity index (χ3v) is 4.99. The van der Waals surface area contributed by atoms with Gasteiger partial charge in [0.05, 0.1) is 5.39 Å². The monoisotopic (exact) mass is 391 g/mol. The molecule has 0 spiro atoms. The lowest BCUT2D eigenvalue weighted by Crippen LogP contribution is -2.47. The van der Waals surface area contributed by atoms with Crippen LogP contribution in [0, 0.1) is 0 Å². The minimum Gasteiger partial charge on any atom is -0.451 e. The molecular weight excluding hydrogens is 370 g/mol. The van der Waals surface area contributed by atoms with Gasteiger partial charge < -0.3 is 20.0 Å². The minimum absolute atomic E-state index is 0.0219. The zero-order valence-electron chi connectivity index (χ0n) is 15.8. The van der Waals surface area contributed by atoms with E-state index in [-0.39, 0.29) is 29.2 Å². The van der Waals surface area contributed by atoms with E-state index in [9.17, 15) is 14.4 Å². The van der Waals surface area contributed by atoms with Crippen molar-refractivity contribution in [3.63, 3.8) is 0 Å². The summed E-state index contributed by atoms with van der Waals surface area (Å²) in [5, 5.41) is 6.19. The highest BCUT2D eigenvalue weighted by atomic mass is 16.3. The van der Waals surface area contributed by atoms with Crippen LogP contribution in [0.4, 0.5) is 10.5 Å². The number of urea groups is 1. The summed E-state index contributed by atoms with van der Waals surface area (Å²) in [7, 11) is 0. The van der Waals surface area contributed by atoms with Crippen LogP contribution in [0.1, 0.15) is 23.4 Å². The Balaban J connectivity index is 1.35. The molecule has 1 saturated heterocycles. The molecule has 0 aliphatic carbocycles. The summed E-state index contributed by atoms with van der Waals surface area (Å²) in [5.74, 6) is -0.262. The summed E-state index contributed by atoms with van der Waals surface area (Å²) in [4.78, 5) is 38.8. The van der Waals surface area contributed by atoms with Crippen LogP contribution in [-0.4, -0.2) is 36.0 Å². The number of likely N-dealkylation sites (tertiary alicyclic amines) is 1. The number of hydrogen-bond acceptors (Lipinski definition) is 4. The predicted octanol–water partition coefficient (Wildman–Crippen LogP) is 3.22. The number of hydrogen-bond donors (Lipinski definition) is 2. The van der Waals surface area contributed by atoms with Crippen molar-refractivity contribution < 1.29 is 14.0 Å². The van der Waals surface area contributed by atoms with Crippen molar-refractivity contribution in [3.05, 3.63) is 76.6 Å². The number of fused-ring (bicyclic) bond motifs is 1. The predicted molar refractivity (Wildman–Crippen MR) is 110 cm³/mol. The number of amides is 3. The van der Waals surface area contributed by atoms with Gasteiger partial charge in [0.15, 0.2) is 11.2 Å². The van der Waals surface area contributed by atoms with E-state index >= 15 is 0 Å². The molecule has 2 N–H and O–H groups in total. The van der Waals surface area contributed by atoms with Crippen molar-refractivity contribution in [2.24, 2.45) is 0 Å². The van der Waals surface area contributed by atoms with Gasteiger partial charge in [0.2, 0.25) is 0 Å². The fraction of sp³-hybridized carbons (Fsp3) is 0.227. The van der Waals surface area contributed by atoms with E-state index in [0.717, 1.165) is 5.69 Å². The second-order valence-electron chi connectivity index (χ2n) is 7.00. The van der Waals surface area contributed by atoms with E-state index in [0.29, 0.717) is 36.9 Å². The fourth-order valence-corrected chi connectivity index (χ4v) is 3.47. The first-order chi connectivity index (χ1) is 14.1. The van der Waals surface area contributed by atoms with E-state index in [4.69, 9.17) is 4.42 Å². The second kappa shape index (κ2) is 8.18. The Hall–Kier alpha value is -3.61. The summed E-state index contributed by atoms with van der Waals surface area (Å²) in [5.41, 5.74) is 0.894. The van der Waals surface area contributed by atoms with E-state index in [2.05, 4.69) is 10.6 Å². The highest BCUT2D eigenvalue weighted by Crippen LogP contribution is 2.17. The zero-order valence-corrected chi connectivity index (χ0v) is 15.8. The summed E-state index contributed by atoms with van der Waals surface area (Å²) in [6, 6.07) is 17.1. The average Bonchev–Trinajstić information content (AvgIpc) is 2.74. The van der Waals surface area contributed by atoms with Crippen LogP contribution in [0.25, 0.3) is 11.0 Å². The van der Waals surface area contributed by atoms with Gasteiger partial charge in [-0.3, -0.25) is 9.59 Å². The van der Waals surface area contributed by atoms with Crippen LogP contribution < -0.4 is 16.1 Å². The molecular formula is C22H21N3O4. The van der Waals surface area contributed by atoms with Crippen LogP contribution >= 0.6 is 0 Å². The van der Waals surface area contributed by atoms with Crippen molar-refractivity contribution >= 4 is 28.6 Å². The van der Waals surface area contributed by atoms with Crippen molar-refractivity contribution in [1.82, 2.24) is 10.2 Å². The molecule has 7 nitrogen and oxygen atoms in total. The number of anilines is 1. The molecule has 1 fully saturated rings. The molecule has 1 aliphatic rings. The molecule has 0 atom stereocenters. The molecule has 7 heteroatoms. The molecule has 0 radical (unpaired) electrons. The standard InChI is InChI=1S/C22H21N3O4/c26-18-14-20(29-19-9-5-4-8-17(18)19)21(27)25-12-10-16(11-13-25)24-22(28)23-15-6-2-1-3-7-15/h1-9,14,16H,10-13H2,(H2,23,24,28). The third-order valence-electron chi connectivity index (χ3n) is 4.99. The van der Waals surface area contributed by atoms with Crippen molar-refractivity contribution in [2.45, 2.75) is 18.9 Å². The molecule has 29 heavy (non-hydrogen) atoms. The van der Waals surface area contributed by atoms with Crippen LogP contribution in [0.2, 0.25) is 0 Å². The van der Waals surface area contributed by atoms with Gasteiger partial charge in [0.25, 0.3) is 5.91 Å². The smallest absolute Gasteiger partial charge is 0.319 e. The normalized spacial score (nSPS) is 14.6. The molecule has 3 amide bonds. The highest BCUT2D eigenvalue weighted by Gasteiger charge is 2.26. The van der Waals surface area contributed by atoms with Gasteiger partial charge in [-0.05, 0) is 37.1 Å². The molecule has 1 aliphatic heterocycles. The zero-order chi connectivity index (χ0) is 20.2. The highest BCUT2D eigenvalue weighted by molar-refractivity contribution is 5.93. The molecule has 0 saturated carbocycles. The van der Waals surface area contributed by atoms with Gasteiger partial charge in [0.1, 0.15) is 5.58 Å². The van der Waals surface area contributed by atoms with Crippen LogP contribution in [0.15, 0.2) is 69.9 Å². The molecule has 3 aromatic rings. The number of nitrogens with one attached hydrogen (secondary N) is 2. The van der Waals surface area contributed by atoms with Gasteiger partial charge in [0, 0.05) is 30.9 Å². The number of rotatable bonds is 3. The number of carbonyl (C=O) groups excluding carboxylic acids is 2. The summed E-state index contributed by atoms with van der Waals surface area (Å²) >= 11 is 0. The Bertz CT molecular complexity index is 1090. The molecule has 0 bridgehead atoms. The first-order valence-corrected chi connectivity index (χ1v) is 9.55. The maximum absolute atomic E-state index is 12.8. The van der Waals surface area contributed by atoms with Gasteiger partial charge in [-0.25, -0.2) is 4.79 Å². The van der Waals surface area contributed by atoms with Gasteiger partial charge in [-0.1, -0.05) is 30.3 Å². The Morgan fingerprint density at radius 1 is 0.966 bits per heavy atom. The number of carbonyl (C=O) groups is 2. The fourth-order valence-electron chi connectivity index (χ4n) is 3.47. The van der Waals surface area contributed by atoms with Crippen LogP contribution in [0.5, 0.6) is 0 Å². The molecule has 1 aromatic heterocycles. The summed E-state index contributed by atoms with van der Waals surface area (Å²) < 4.78 is 5.64. The summed E-state index contributed by atoms with van der Waals surface area (Å²) in [6.45, 7) is 0.956. The Morgan fingerprint density at radius 2 is 1.66 bits per heavy atom. The van der Waals surface area contributed by atoms with E-state index in [1.165, 1.54) is 6.07 Å². The topological polar surface area (TPSA) is 91.7 Å². The maximum Gasteiger partial charge on any atom is 0.319 e. The third kappa shape index (κ3) is 4.29. The number of nitrogens with zero attached hydrogens (tertiary/aromatic N) is 1. The number of piperidine rings is 1. The Labute approximate surface area is 167 Å². The van der Waals surface area contributed by atoms with Crippen LogP contribution in [-0.2, 0) is 0 Å². The molecule has 0 unspecified atom stereocenters. The lowest BCUT2D eigenvalue weighted by atomic mass is 10.0. The average molecular weight is 391 g/mol. The van der Waals surface area contributed by atoms with Crippen LogP contribution in [0.3, 0.4) is 0 Å². The lowest BCUT2D eigenvalue weighted by Gasteiger charge is -2.32. The second-order valence-corrected chi connectivity index (χ2v) is 7.00. The van der Waals surface area contributed by atoms with Gasteiger partial charge >= 0.3 is 6.03 Å². The summed E-state index contributed by atoms with van der Waals surface area (Å²) in [6.07, 6.45) is 1.26. The van der Waals surface area contributed by atoms with E-state index in [1.54, 1.807) is 29.2 Å². The lowest BCUT2D eigenvalue weighted by molar-refractivity contribution is 0.0677. The van der Waals surface area contributed by atoms with Gasteiger partial charge in [-0.15, -0.1) is 0 Å². The van der Waals surface area contributed by atoms with Crippen molar-refractivity contribution in [3.8, 4) is 0 Å².